The van der Waals surface area contributed by atoms with Gasteiger partial charge in [-0.2, -0.15) is 5.10 Å². The zero-order valence-electron chi connectivity index (χ0n) is 13.1. The van der Waals surface area contributed by atoms with Crippen LogP contribution in [0.4, 0.5) is 5.82 Å². The highest BCUT2D eigenvalue weighted by Gasteiger charge is 2.11. The molecule has 0 saturated carbocycles. The molecule has 0 aliphatic heterocycles. The first-order valence-corrected chi connectivity index (χ1v) is 7.85. The van der Waals surface area contributed by atoms with Gasteiger partial charge in [0, 0.05) is 43.7 Å². The molecule has 6 nitrogen and oxygen atoms in total. The lowest BCUT2D eigenvalue weighted by Crippen LogP contribution is -2.15. The number of halogens is 1. The van der Waals surface area contributed by atoms with E-state index in [0.717, 1.165) is 16.8 Å². The Morgan fingerprint density at radius 2 is 2.04 bits per heavy atom. The summed E-state index contributed by atoms with van der Waals surface area (Å²) in [6.45, 7) is 0. The highest BCUT2D eigenvalue weighted by molar-refractivity contribution is 6.30. The molecule has 0 unspecified atom stereocenters. The van der Waals surface area contributed by atoms with Gasteiger partial charge in [0.05, 0.1) is 5.69 Å². The third kappa shape index (κ3) is 3.78. The molecule has 0 aliphatic rings. The van der Waals surface area contributed by atoms with Crippen LogP contribution in [0, 0.1) is 0 Å². The Labute approximate surface area is 144 Å². The normalized spacial score (nSPS) is 10.6. The fraction of sp³-hybridized carbons (Fsp3) is 0.176. The molecule has 0 spiro atoms. The van der Waals surface area contributed by atoms with Gasteiger partial charge in [-0.3, -0.25) is 14.5 Å². The van der Waals surface area contributed by atoms with Crippen molar-refractivity contribution in [1.29, 1.82) is 0 Å². The molecule has 0 aromatic carbocycles. The largest absolute Gasteiger partial charge is 0.311 e. The smallest absolute Gasteiger partial charge is 0.225 e. The quantitative estimate of drug-likeness (QED) is 0.724. The number of rotatable bonds is 5. The van der Waals surface area contributed by atoms with E-state index in [2.05, 4.69) is 20.4 Å². The summed E-state index contributed by atoms with van der Waals surface area (Å²) in [5.74, 6) is 0.545. The van der Waals surface area contributed by atoms with Crippen molar-refractivity contribution in [2.45, 2.75) is 12.8 Å². The average molecular weight is 342 g/mol. The molecular formula is C17H16ClN5O. The summed E-state index contributed by atoms with van der Waals surface area (Å²) in [6.07, 6.45) is 5.90. The van der Waals surface area contributed by atoms with Crippen LogP contribution in [0.25, 0.3) is 11.3 Å². The minimum atomic E-state index is -0.0980. The number of hydrogen-bond donors (Lipinski definition) is 1. The third-order valence-corrected chi connectivity index (χ3v) is 3.92. The highest BCUT2D eigenvalue weighted by atomic mass is 35.5. The van der Waals surface area contributed by atoms with Crippen molar-refractivity contribution in [3.05, 3.63) is 59.6 Å². The van der Waals surface area contributed by atoms with Crippen molar-refractivity contribution in [3.8, 4) is 11.3 Å². The summed E-state index contributed by atoms with van der Waals surface area (Å²) < 4.78 is 1.64. The number of aryl methyl sites for hydroxylation is 2. The van der Waals surface area contributed by atoms with Crippen LogP contribution in [-0.4, -0.2) is 25.7 Å². The number of nitrogens with one attached hydrogen (secondary N) is 1. The standard InChI is InChI=1S/C17H16ClN5O/c1-23-15(11-14(22-23)12-6-9-19-10-7-12)21-16(24)5-4-13-3-2-8-20-17(13)18/h2-3,6-11H,4-5H2,1H3,(H,21,24). The van der Waals surface area contributed by atoms with Crippen LogP contribution in [0.2, 0.25) is 5.15 Å². The molecular weight excluding hydrogens is 326 g/mol. The van der Waals surface area contributed by atoms with Gasteiger partial charge in [0.25, 0.3) is 0 Å². The van der Waals surface area contributed by atoms with E-state index in [1.54, 1.807) is 36.4 Å². The Morgan fingerprint density at radius 3 is 2.79 bits per heavy atom. The zero-order chi connectivity index (χ0) is 16.9. The number of pyridine rings is 2. The van der Waals surface area contributed by atoms with Crippen molar-refractivity contribution in [3.63, 3.8) is 0 Å². The number of amides is 1. The molecule has 24 heavy (non-hydrogen) atoms. The third-order valence-electron chi connectivity index (χ3n) is 3.58. The SMILES string of the molecule is Cn1nc(-c2ccncc2)cc1NC(=O)CCc1cccnc1Cl. The van der Waals surface area contributed by atoms with Crippen LogP contribution in [0.1, 0.15) is 12.0 Å². The summed E-state index contributed by atoms with van der Waals surface area (Å²) >= 11 is 6.00. The predicted molar refractivity (Wildman–Crippen MR) is 92.6 cm³/mol. The lowest BCUT2D eigenvalue weighted by Gasteiger charge is -2.05. The Hall–Kier alpha value is -2.73. The molecule has 7 heteroatoms. The molecule has 122 valence electrons. The van der Waals surface area contributed by atoms with Gasteiger partial charge >= 0.3 is 0 Å². The highest BCUT2D eigenvalue weighted by Crippen LogP contribution is 2.21. The van der Waals surface area contributed by atoms with Crippen molar-refractivity contribution in [2.75, 3.05) is 5.32 Å². The van der Waals surface area contributed by atoms with Crippen molar-refractivity contribution >= 4 is 23.3 Å². The van der Waals surface area contributed by atoms with Crippen LogP contribution in [-0.2, 0) is 18.3 Å². The van der Waals surface area contributed by atoms with E-state index in [-0.39, 0.29) is 5.91 Å². The fourth-order valence-corrected chi connectivity index (χ4v) is 2.52. The minimum Gasteiger partial charge on any atom is -0.311 e. The summed E-state index contributed by atoms with van der Waals surface area (Å²) in [5, 5.41) is 7.72. The Bertz CT molecular complexity index is 847. The first-order chi connectivity index (χ1) is 11.6. The molecule has 0 fully saturated rings. The number of carbonyl (C=O) groups is 1. The molecule has 1 amide bonds. The second kappa shape index (κ2) is 7.23. The molecule has 0 radical (unpaired) electrons. The number of hydrogen-bond acceptors (Lipinski definition) is 4. The molecule has 0 atom stereocenters. The van der Waals surface area contributed by atoms with Crippen LogP contribution >= 0.6 is 11.6 Å². The molecule has 3 aromatic heterocycles. The minimum absolute atomic E-state index is 0.0980. The lowest BCUT2D eigenvalue weighted by atomic mass is 10.1. The maximum Gasteiger partial charge on any atom is 0.225 e. The average Bonchev–Trinajstić information content (AvgIpc) is 2.96. The van der Waals surface area contributed by atoms with E-state index in [0.29, 0.717) is 23.8 Å². The molecule has 3 rings (SSSR count). The van der Waals surface area contributed by atoms with Gasteiger partial charge in [-0.15, -0.1) is 0 Å². The van der Waals surface area contributed by atoms with E-state index >= 15 is 0 Å². The van der Waals surface area contributed by atoms with Crippen molar-refractivity contribution in [2.24, 2.45) is 7.05 Å². The lowest BCUT2D eigenvalue weighted by molar-refractivity contribution is -0.116. The topological polar surface area (TPSA) is 72.7 Å². The van der Waals surface area contributed by atoms with E-state index in [1.165, 1.54) is 0 Å². The number of anilines is 1. The van der Waals surface area contributed by atoms with Gasteiger partial charge in [-0.1, -0.05) is 17.7 Å². The predicted octanol–water partition coefficient (Wildman–Crippen LogP) is 3.10. The first-order valence-electron chi connectivity index (χ1n) is 7.47. The van der Waals surface area contributed by atoms with E-state index in [4.69, 9.17) is 11.6 Å². The molecule has 0 saturated heterocycles. The number of carbonyl (C=O) groups excluding carboxylic acids is 1. The van der Waals surface area contributed by atoms with Crippen LogP contribution in [0.15, 0.2) is 48.9 Å². The summed E-state index contributed by atoms with van der Waals surface area (Å²) in [6, 6.07) is 9.26. The monoisotopic (exact) mass is 341 g/mol. The van der Waals surface area contributed by atoms with Crippen LogP contribution in [0.3, 0.4) is 0 Å². The summed E-state index contributed by atoms with van der Waals surface area (Å²) in [4.78, 5) is 20.2. The molecule has 1 N–H and O–H groups in total. The van der Waals surface area contributed by atoms with Gasteiger partial charge in [-0.05, 0) is 30.2 Å². The Balaban J connectivity index is 1.65. The van der Waals surface area contributed by atoms with Gasteiger partial charge in [0.2, 0.25) is 5.91 Å². The Kier molecular flexibility index (Phi) is 4.86. The summed E-state index contributed by atoms with van der Waals surface area (Å²) in [5.41, 5.74) is 2.59. The maximum atomic E-state index is 12.2. The van der Waals surface area contributed by atoms with Gasteiger partial charge in [0.1, 0.15) is 11.0 Å². The van der Waals surface area contributed by atoms with Crippen molar-refractivity contribution < 1.29 is 4.79 Å². The van der Waals surface area contributed by atoms with Gasteiger partial charge in [0.15, 0.2) is 0 Å². The van der Waals surface area contributed by atoms with Crippen molar-refractivity contribution in [1.82, 2.24) is 19.7 Å². The molecule has 0 bridgehead atoms. The van der Waals surface area contributed by atoms with Crippen LogP contribution in [0.5, 0.6) is 0 Å². The van der Waals surface area contributed by atoms with Gasteiger partial charge < -0.3 is 5.32 Å². The maximum absolute atomic E-state index is 12.2. The fourth-order valence-electron chi connectivity index (χ4n) is 2.31. The van der Waals surface area contributed by atoms with E-state index in [1.807, 2.05) is 24.3 Å². The van der Waals surface area contributed by atoms with E-state index < -0.39 is 0 Å². The van der Waals surface area contributed by atoms with Crippen LogP contribution < -0.4 is 5.32 Å². The second-order valence-electron chi connectivity index (χ2n) is 5.28. The number of aromatic nitrogens is 4. The zero-order valence-corrected chi connectivity index (χ0v) is 13.9. The molecule has 3 heterocycles. The first kappa shape index (κ1) is 16.1. The Morgan fingerprint density at radius 1 is 1.25 bits per heavy atom. The molecule has 3 aromatic rings. The summed E-state index contributed by atoms with van der Waals surface area (Å²) in [7, 11) is 1.79. The van der Waals surface area contributed by atoms with Gasteiger partial charge in [-0.25, -0.2) is 4.98 Å². The second-order valence-corrected chi connectivity index (χ2v) is 5.63. The molecule has 0 aliphatic carbocycles. The van der Waals surface area contributed by atoms with E-state index in [9.17, 15) is 4.79 Å². The number of nitrogens with zero attached hydrogens (tertiary/aromatic N) is 4.